The lowest BCUT2D eigenvalue weighted by molar-refractivity contribution is 0.0995. The molecule has 3 aliphatic rings. The maximum atomic E-state index is 14.9. The van der Waals surface area contributed by atoms with Gasteiger partial charge in [-0.3, -0.25) is 9.78 Å². The molecule has 1 amide bonds. The highest BCUT2D eigenvalue weighted by molar-refractivity contribution is 5.93. The number of primary amides is 1. The van der Waals surface area contributed by atoms with E-state index in [1.54, 1.807) is 36.7 Å². The van der Waals surface area contributed by atoms with E-state index in [1.807, 2.05) is 10.6 Å². The Bertz CT molecular complexity index is 1300. The molecule has 1 aromatic carbocycles. The van der Waals surface area contributed by atoms with Crippen LogP contribution in [0.3, 0.4) is 0 Å². The average molecular weight is 400 g/mol. The monoisotopic (exact) mass is 400 g/mol. The number of allylic oxidation sites excluding steroid dienone is 2. The van der Waals surface area contributed by atoms with Gasteiger partial charge < -0.3 is 15.4 Å². The molecule has 2 bridgehead atoms. The second-order valence-corrected chi connectivity index (χ2v) is 7.60. The summed E-state index contributed by atoms with van der Waals surface area (Å²) in [5, 5.41) is 10.7. The fourth-order valence-electron chi connectivity index (χ4n) is 3.79. The zero-order chi connectivity index (χ0) is 21.0. The standard InChI is InChI=1S/C23H17FN4O2/c1-23(30,20-4-2-3-7-26-20)6-5-13-10-17-16(11-18(13)24)14-8-15(9-14)28-12-19(21(25)29)27-22(17)28/h2-4,7-8,10-12,15,30H,9H2,1H3,(H2,25,29). The van der Waals surface area contributed by atoms with Gasteiger partial charge in [-0.1, -0.05) is 24.0 Å². The molecule has 2 aliphatic heterocycles. The first-order chi connectivity index (χ1) is 14.3. The van der Waals surface area contributed by atoms with E-state index >= 15 is 0 Å². The zero-order valence-electron chi connectivity index (χ0n) is 16.1. The number of carbonyl (C=O) groups excluding carboxylic acids is 1. The van der Waals surface area contributed by atoms with Crippen LogP contribution in [0.5, 0.6) is 0 Å². The summed E-state index contributed by atoms with van der Waals surface area (Å²) < 4.78 is 16.7. The molecule has 1 aliphatic carbocycles. The summed E-state index contributed by atoms with van der Waals surface area (Å²) >= 11 is 0. The van der Waals surface area contributed by atoms with E-state index in [4.69, 9.17) is 5.73 Å². The topological polar surface area (TPSA) is 94.0 Å². The van der Waals surface area contributed by atoms with Gasteiger partial charge in [-0.15, -0.1) is 0 Å². The Labute approximate surface area is 171 Å². The molecule has 2 unspecified atom stereocenters. The molecule has 6 rings (SSSR count). The number of aromatic nitrogens is 3. The molecule has 0 fully saturated rings. The van der Waals surface area contributed by atoms with Crippen LogP contribution < -0.4 is 5.73 Å². The Morgan fingerprint density at radius 1 is 1.37 bits per heavy atom. The Morgan fingerprint density at radius 2 is 2.17 bits per heavy atom. The van der Waals surface area contributed by atoms with Crippen molar-refractivity contribution in [2.45, 2.75) is 25.0 Å². The SMILES string of the molecule is CC(O)(C#Cc1cc2c(cc1F)C1=CC(C1)n1cc(C(N)=O)nc1-2)c1ccccn1. The third kappa shape index (κ3) is 2.81. The normalized spacial score (nSPS) is 17.8. The number of hydrogen-bond acceptors (Lipinski definition) is 4. The molecule has 7 heteroatoms. The van der Waals surface area contributed by atoms with Crippen LogP contribution in [0.1, 0.15) is 46.7 Å². The highest BCUT2D eigenvalue weighted by Gasteiger charge is 2.33. The number of nitrogens with two attached hydrogens (primary N) is 1. The highest BCUT2D eigenvalue weighted by atomic mass is 19.1. The second-order valence-electron chi connectivity index (χ2n) is 7.60. The molecule has 148 valence electrons. The molecular weight excluding hydrogens is 383 g/mol. The van der Waals surface area contributed by atoms with Crippen LogP contribution in [-0.2, 0) is 5.60 Å². The van der Waals surface area contributed by atoms with Crippen LogP contribution in [0.15, 0.2) is 48.8 Å². The van der Waals surface area contributed by atoms with Gasteiger partial charge in [-0.05, 0) is 48.7 Å². The molecule has 0 saturated heterocycles. The van der Waals surface area contributed by atoms with E-state index in [-0.39, 0.29) is 17.3 Å². The Hall–Kier alpha value is -3.76. The van der Waals surface area contributed by atoms with Crippen molar-refractivity contribution in [3.63, 3.8) is 0 Å². The first kappa shape index (κ1) is 18.3. The molecular formula is C23H17FN4O2. The lowest BCUT2D eigenvalue weighted by Crippen LogP contribution is -2.20. The second kappa shape index (κ2) is 6.37. The van der Waals surface area contributed by atoms with Gasteiger partial charge in [-0.25, -0.2) is 9.37 Å². The van der Waals surface area contributed by atoms with Gasteiger partial charge in [0.25, 0.3) is 5.91 Å². The van der Waals surface area contributed by atoms with Crippen molar-refractivity contribution in [3.05, 3.63) is 77.1 Å². The van der Waals surface area contributed by atoms with Crippen molar-refractivity contribution in [3.8, 4) is 23.2 Å². The Kier molecular flexibility index (Phi) is 3.88. The molecule has 30 heavy (non-hydrogen) atoms. The summed E-state index contributed by atoms with van der Waals surface area (Å²) in [5.74, 6) is 4.90. The van der Waals surface area contributed by atoms with Crippen molar-refractivity contribution < 1.29 is 14.3 Å². The van der Waals surface area contributed by atoms with E-state index in [2.05, 4.69) is 21.8 Å². The van der Waals surface area contributed by atoms with Crippen molar-refractivity contribution in [2.75, 3.05) is 0 Å². The molecule has 3 N–H and O–H groups in total. The van der Waals surface area contributed by atoms with Crippen LogP contribution in [0.2, 0.25) is 0 Å². The molecule has 2 atom stereocenters. The van der Waals surface area contributed by atoms with Gasteiger partial charge in [0, 0.05) is 18.0 Å². The smallest absolute Gasteiger partial charge is 0.268 e. The van der Waals surface area contributed by atoms with Gasteiger partial charge in [0.05, 0.1) is 17.3 Å². The summed E-state index contributed by atoms with van der Waals surface area (Å²) in [7, 11) is 0. The van der Waals surface area contributed by atoms with Crippen molar-refractivity contribution >= 4 is 11.5 Å². The molecule has 3 aromatic rings. The van der Waals surface area contributed by atoms with Gasteiger partial charge in [0.15, 0.2) is 5.60 Å². The molecule has 0 radical (unpaired) electrons. The predicted octanol–water partition coefficient (Wildman–Crippen LogP) is 2.78. The zero-order valence-corrected chi connectivity index (χ0v) is 16.1. The largest absolute Gasteiger partial charge is 0.372 e. The number of aliphatic hydroxyl groups is 1. The fourth-order valence-corrected chi connectivity index (χ4v) is 3.79. The molecule has 4 heterocycles. The number of imidazole rings is 1. The quantitative estimate of drug-likeness (QED) is 0.647. The number of carbonyl (C=O) groups is 1. The summed E-state index contributed by atoms with van der Waals surface area (Å²) in [6, 6.07) is 8.25. The van der Waals surface area contributed by atoms with Crippen LogP contribution in [-0.4, -0.2) is 25.5 Å². The lowest BCUT2D eigenvalue weighted by Gasteiger charge is -2.24. The average Bonchev–Trinajstić information content (AvgIpc) is 3.03. The van der Waals surface area contributed by atoms with Gasteiger partial charge >= 0.3 is 0 Å². The van der Waals surface area contributed by atoms with E-state index in [0.717, 1.165) is 17.6 Å². The van der Waals surface area contributed by atoms with E-state index < -0.39 is 17.3 Å². The molecule has 2 aromatic heterocycles. The summed E-state index contributed by atoms with van der Waals surface area (Å²) in [5.41, 5.74) is 6.96. The number of nitrogens with zero attached hydrogens (tertiary/aromatic N) is 3. The number of rotatable bonds is 2. The van der Waals surface area contributed by atoms with E-state index in [9.17, 15) is 14.3 Å². The van der Waals surface area contributed by atoms with Crippen molar-refractivity contribution in [2.24, 2.45) is 5.73 Å². The van der Waals surface area contributed by atoms with Crippen LogP contribution in [0.25, 0.3) is 17.0 Å². The lowest BCUT2D eigenvalue weighted by atomic mass is 9.86. The van der Waals surface area contributed by atoms with Crippen LogP contribution in [0, 0.1) is 17.7 Å². The number of hydrogen-bond donors (Lipinski definition) is 2. The van der Waals surface area contributed by atoms with Crippen molar-refractivity contribution in [1.29, 1.82) is 0 Å². The maximum absolute atomic E-state index is 14.9. The minimum Gasteiger partial charge on any atom is -0.372 e. The third-order valence-corrected chi connectivity index (χ3v) is 5.46. The number of halogens is 1. The Morgan fingerprint density at radius 3 is 2.87 bits per heavy atom. The summed E-state index contributed by atoms with van der Waals surface area (Å²) in [6.45, 7) is 1.51. The number of pyridine rings is 1. The molecule has 6 nitrogen and oxygen atoms in total. The minimum atomic E-state index is -1.54. The number of amides is 1. The van der Waals surface area contributed by atoms with Gasteiger partial charge in [-0.2, -0.15) is 0 Å². The first-order valence-electron chi connectivity index (χ1n) is 9.44. The van der Waals surface area contributed by atoms with Crippen molar-refractivity contribution in [1.82, 2.24) is 14.5 Å². The molecule has 0 spiro atoms. The van der Waals surface area contributed by atoms with Gasteiger partial charge in [0.2, 0.25) is 0 Å². The third-order valence-electron chi connectivity index (χ3n) is 5.46. The van der Waals surface area contributed by atoms with Crippen LogP contribution >= 0.6 is 0 Å². The summed E-state index contributed by atoms with van der Waals surface area (Å²) in [6.07, 6.45) is 5.95. The number of benzene rings is 1. The van der Waals surface area contributed by atoms with Crippen LogP contribution in [0.4, 0.5) is 4.39 Å². The van der Waals surface area contributed by atoms with Gasteiger partial charge in [0.1, 0.15) is 17.3 Å². The predicted molar refractivity (Wildman–Crippen MR) is 108 cm³/mol. The highest BCUT2D eigenvalue weighted by Crippen LogP contribution is 2.47. The maximum Gasteiger partial charge on any atom is 0.268 e. The first-order valence-corrected chi connectivity index (χ1v) is 9.44. The van der Waals surface area contributed by atoms with E-state index in [1.165, 1.54) is 13.0 Å². The fraction of sp³-hybridized carbons (Fsp3) is 0.174. The molecule has 0 saturated carbocycles. The minimum absolute atomic E-state index is 0.0606. The van der Waals surface area contributed by atoms with E-state index in [0.29, 0.717) is 17.1 Å². The summed E-state index contributed by atoms with van der Waals surface area (Å²) in [4.78, 5) is 20.1. The Balaban J connectivity index is 1.63.